The van der Waals surface area contributed by atoms with Crippen LogP contribution in [0.5, 0.6) is 0 Å². The zero-order valence-corrected chi connectivity index (χ0v) is 6.98. The molecule has 0 saturated heterocycles. The van der Waals surface area contributed by atoms with Crippen molar-refractivity contribution < 1.29 is 0 Å². The van der Waals surface area contributed by atoms with E-state index in [4.69, 9.17) is 5.73 Å². The highest BCUT2D eigenvalue weighted by molar-refractivity contribution is 5.47. The van der Waals surface area contributed by atoms with E-state index >= 15 is 0 Å². The van der Waals surface area contributed by atoms with Crippen LogP contribution in [0.3, 0.4) is 0 Å². The molecule has 2 N–H and O–H groups in total. The fraction of sp³-hybridized carbons (Fsp3) is 0.444. The predicted molar refractivity (Wildman–Crippen MR) is 48.3 cm³/mol. The molecule has 0 amide bonds. The predicted octanol–water partition coefficient (Wildman–Crippen LogP) is 1.24. The maximum absolute atomic E-state index is 5.82. The normalized spacial score (nSPS) is 23.8. The van der Waals surface area contributed by atoms with Gasteiger partial charge in [-0.25, -0.2) is 4.98 Å². The molecule has 1 aromatic heterocycles. The SMILES string of the molecule is NC1C=C(n2ccnc2)CCC1. The Morgan fingerprint density at radius 2 is 2.50 bits per heavy atom. The summed E-state index contributed by atoms with van der Waals surface area (Å²) >= 11 is 0. The Hall–Kier alpha value is -1.09. The van der Waals surface area contributed by atoms with Crippen molar-refractivity contribution in [3.05, 3.63) is 24.8 Å². The quantitative estimate of drug-likeness (QED) is 0.676. The van der Waals surface area contributed by atoms with Crippen LogP contribution in [0.4, 0.5) is 0 Å². The molecule has 0 bridgehead atoms. The van der Waals surface area contributed by atoms with Crippen molar-refractivity contribution in [2.75, 3.05) is 0 Å². The van der Waals surface area contributed by atoms with Gasteiger partial charge in [-0.15, -0.1) is 0 Å². The van der Waals surface area contributed by atoms with Crippen molar-refractivity contribution in [3.8, 4) is 0 Å². The smallest absolute Gasteiger partial charge is 0.0989 e. The van der Waals surface area contributed by atoms with Crippen molar-refractivity contribution in [1.29, 1.82) is 0 Å². The molecule has 3 nitrogen and oxygen atoms in total. The molecular formula is C9H13N3. The van der Waals surface area contributed by atoms with E-state index in [2.05, 4.69) is 11.1 Å². The molecule has 1 unspecified atom stereocenters. The van der Waals surface area contributed by atoms with Crippen LogP contribution in [0.1, 0.15) is 19.3 Å². The number of hydrogen-bond donors (Lipinski definition) is 1. The molecule has 64 valence electrons. The van der Waals surface area contributed by atoms with Crippen molar-refractivity contribution >= 4 is 5.70 Å². The summed E-state index contributed by atoms with van der Waals surface area (Å²) < 4.78 is 2.04. The summed E-state index contributed by atoms with van der Waals surface area (Å²) in [6, 6.07) is 0.233. The van der Waals surface area contributed by atoms with Crippen LogP contribution in [0, 0.1) is 0 Å². The van der Waals surface area contributed by atoms with Gasteiger partial charge in [-0.1, -0.05) is 0 Å². The van der Waals surface area contributed by atoms with E-state index in [0.717, 1.165) is 12.8 Å². The van der Waals surface area contributed by atoms with Crippen LogP contribution < -0.4 is 5.73 Å². The Labute approximate surface area is 71.9 Å². The number of aromatic nitrogens is 2. The molecule has 1 atom stereocenters. The second kappa shape index (κ2) is 3.11. The topological polar surface area (TPSA) is 43.8 Å². The highest BCUT2D eigenvalue weighted by Crippen LogP contribution is 2.20. The standard InChI is InChI=1S/C9H13N3/c10-8-2-1-3-9(6-8)12-5-4-11-7-12/h4-8H,1-3,10H2. The van der Waals surface area contributed by atoms with E-state index in [1.165, 1.54) is 12.1 Å². The third-order valence-corrected chi connectivity index (χ3v) is 2.21. The molecule has 3 heteroatoms. The molecule has 1 heterocycles. The zero-order chi connectivity index (χ0) is 8.39. The van der Waals surface area contributed by atoms with E-state index in [0.29, 0.717) is 0 Å². The lowest BCUT2D eigenvalue weighted by atomic mass is 10.0. The first-order chi connectivity index (χ1) is 5.86. The molecule has 1 aliphatic carbocycles. The minimum Gasteiger partial charge on any atom is -0.324 e. The summed E-state index contributed by atoms with van der Waals surface area (Å²) in [4.78, 5) is 4.00. The lowest BCUT2D eigenvalue weighted by molar-refractivity contribution is 0.639. The summed E-state index contributed by atoms with van der Waals surface area (Å²) in [6.07, 6.45) is 11.1. The van der Waals surface area contributed by atoms with Gasteiger partial charge in [-0.05, 0) is 25.3 Å². The lowest BCUT2D eigenvalue weighted by Crippen LogP contribution is -2.21. The van der Waals surface area contributed by atoms with Crippen LogP contribution in [-0.4, -0.2) is 15.6 Å². The fourth-order valence-corrected chi connectivity index (χ4v) is 1.58. The highest BCUT2D eigenvalue weighted by Gasteiger charge is 2.10. The van der Waals surface area contributed by atoms with E-state index < -0.39 is 0 Å². The summed E-state index contributed by atoms with van der Waals surface area (Å²) in [7, 11) is 0. The van der Waals surface area contributed by atoms with E-state index in [1.54, 1.807) is 6.20 Å². The first-order valence-corrected chi connectivity index (χ1v) is 4.31. The first kappa shape index (κ1) is 7.55. The zero-order valence-electron chi connectivity index (χ0n) is 6.98. The number of nitrogens with two attached hydrogens (primary N) is 1. The van der Waals surface area contributed by atoms with Crippen molar-refractivity contribution in [3.63, 3.8) is 0 Å². The monoisotopic (exact) mass is 163 g/mol. The average Bonchev–Trinajstić information content (AvgIpc) is 2.56. The number of hydrogen-bond acceptors (Lipinski definition) is 2. The number of allylic oxidation sites excluding steroid dienone is 1. The van der Waals surface area contributed by atoms with Gasteiger partial charge in [-0.2, -0.15) is 0 Å². The molecule has 0 spiro atoms. The average molecular weight is 163 g/mol. The maximum Gasteiger partial charge on any atom is 0.0989 e. The largest absolute Gasteiger partial charge is 0.324 e. The van der Waals surface area contributed by atoms with Crippen LogP contribution in [-0.2, 0) is 0 Å². The molecular weight excluding hydrogens is 150 g/mol. The van der Waals surface area contributed by atoms with Crippen LogP contribution in [0.25, 0.3) is 5.70 Å². The van der Waals surface area contributed by atoms with Crippen molar-refractivity contribution in [2.45, 2.75) is 25.3 Å². The van der Waals surface area contributed by atoms with Crippen LogP contribution in [0.15, 0.2) is 24.8 Å². The minimum absolute atomic E-state index is 0.233. The second-order valence-electron chi connectivity index (χ2n) is 3.18. The summed E-state index contributed by atoms with van der Waals surface area (Å²) in [5, 5.41) is 0. The number of imidazole rings is 1. The van der Waals surface area contributed by atoms with Gasteiger partial charge in [0.05, 0.1) is 6.33 Å². The lowest BCUT2D eigenvalue weighted by Gasteiger charge is -2.17. The Balaban J connectivity index is 2.23. The van der Waals surface area contributed by atoms with Gasteiger partial charge in [-0.3, -0.25) is 0 Å². The third-order valence-electron chi connectivity index (χ3n) is 2.21. The van der Waals surface area contributed by atoms with Gasteiger partial charge in [0.25, 0.3) is 0 Å². The Kier molecular flexibility index (Phi) is 1.96. The van der Waals surface area contributed by atoms with Gasteiger partial charge in [0.1, 0.15) is 0 Å². The van der Waals surface area contributed by atoms with Crippen molar-refractivity contribution in [1.82, 2.24) is 9.55 Å². The summed E-state index contributed by atoms with van der Waals surface area (Å²) in [5.41, 5.74) is 7.10. The van der Waals surface area contributed by atoms with Gasteiger partial charge in [0.2, 0.25) is 0 Å². The molecule has 2 rings (SSSR count). The number of rotatable bonds is 1. The molecule has 12 heavy (non-hydrogen) atoms. The second-order valence-corrected chi connectivity index (χ2v) is 3.18. The van der Waals surface area contributed by atoms with E-state index in [-0.39, 0.29) is 6.04 Å². The van der Waals surface area contributed by atoms with Crippen LogP contribution >= 0.6 is 0 Å². The first-order valence-electron chi connectivity index (χ1n) is 4.31. The number of nitrogens with zero attached hydrogens (tertiary/aromatic N) is 2. The molecule has 0 fully saturated rings. The minimum atomic E-state index is 0.233. The van der Waals surface area contributed by atoms with Gasteiger partial charge < -0.3 is 10.3 Å². The molecule has 0 saturated carbocycles. The van der Waals surface area contributed by atoms with Crippen molar-refractivity contribution in [2.24, 2.45) is 5.73 Å². The van der Waals surface area contributed by atoms with E-state index in [9.17, 15) is 0 Å². The van der Waals surface area contributed by atoms with E-state index in [1.807, 2.05) is 17.1 Å². The molecule has 0 aromatic carbocycles. The summed E-state index contributed by atoms with van der Waals surface area (Å²) in [6.45, 7) is 0. The molecule has 0 radical (unpaired) electrons. The van der Waals surface area contributed by atoms with Gasteiger partial charge >= 0.3 is 0 Å². The third kappa shape index (κ3) is 1.41. The molecule has 1 aliphatic rings. The molecule has 0 aliphatic heterocycles. The Morgan fingerprint density at radius 3 is 3.17 bits per heavy atom. The fourth-order valence-electron chi connectivity index (χ4n) is 1.58. The highest BCUT2D eigenvalue weighted by atomic mass is 15.0. The summed E-state index contributed by atoms with van der Waals surface area (Å²) in [5.74, 6) is 0. The molecule has 1 aromatic rings. The Morgan fingerprint density at radius 1 is 1.58 bits per heavy atom. The van der Waals surface area contributed by atoms with Gasteiger partial charge in [0.15, 0.2) is 0 Å². The Bertz CT molecular complexity index is 274. The van der Waals surface area contributed by atoms with Gasteiger partial charge in [0, 0.05) is 24.1 Å². The maximum atomic E-state index is 5.82. The van der Waals surface area contributed by atoms with Crippen LogP contribution in [0.2, 0.25) is 0 Å².